The molecular weight excluding hydrogens is 278 g/mol. The van der Waals surface area contributed by atoms with Crippen LogP contribution in [0.15, 0.2) is 24.3 Å². The third-order valence-electron chi connectivity index (χ3n) is 3.47. The second-order valence-corrected chi connectivity index (χ2v) is 4.62. The minimum absolute atomic E-state index is 0.00104. The van der Waals surface area contributed by atoms with E-state index < -0.39 is 24.2 Å². The maximum absolute atomic E-state index is 11.6. The number of fused-ring (bicyclic) bond motifs is 1. The molecule has 1 aliphatic rings. The third kappa shape index (κ3) is 1.94. The van der Waals surface area contributed by atoms with Crippen LogP contribution >= 0.6 is 0 Å². The van der Waals surface area contributed by atoms with E-state index in [4.69, 9.17) is 5.73 Å². The Labute approximate surface area is 118 Å². The van der Waals surface area contributed by atoms with Crippen molar-refractivity contribution < 1.29 is 19.7 Å². The number of rotatable bonds is 2. The highest BCUT2D eigenvalue weighted by Crippen LogP contribution is 2.32. The van der Waals surface area contributed by atoms with Crippen LogP contribution in [-0.4, -0.2) is 55.0 Å². The van der Waals surface area contributed by atoms with Gasteiger partial charge >= 0.3 is 5.97 Å². The number of ether oxygens (including phenoxy) is 1. The second-order valence-electron chi connectivity index (χ2n) is 4.62. The lowest BCUT2D eigenvalue weighted by atomic mass is 10.1. The summed E-state index contributed by atoms with van der Waals surface area (Å²) in [5.74, 6) is -0.480. The van der Waals surface area contributed by atoms with Gasteiger partial charge in [-0.25, -0.2) is 19.7 Å². The fraction of sp³-hybridized carbons (Fsp3) is 0.333. The van der Waals surface area contributed by atoms with E-state index >= 15 is 0 Å². The van der Waals surface area contributed by atoms with Gasteiger partial charge in [-0.3, -0.25) is 0 Å². The number of carbonyl (C=O) groups is 1. The van der Waals surface area contributed by atoms with Gasteiger partial charge in [0, 0.05) is 0 Å². The quantitative estimate of drug-likeness (QED) is 0.586. The van der Waals surface area contributed by atoms with E-state index in [1.807, 2.05) is 0 Å². The number of hydrogen-bond acceptors (Lipinski definition) is 8. The van der Waals surface area contributed by atoms with Gasteiger partial charge in [0.25, 0.3) is 0 Å². The molecule has 0 amide bonds. The Morgan fingerprint density at radius 1 is 1.38 bits per heavy atom. The molecule has 0 unspecified atom stereocenters. The smallest absolute Gasteiger partial charge is 0.336 e. The number of methoxy groups -OCH3 is 1. The number of nitrogens with zero attached hydrogens (tertiary/aromatic N) is 4. The van der Waals surface area contributed by atoms with E-state index in [1.165, 1.54) is 30.4 Å². The van der Waals surface area contributed by atoms with E-state index in [9.17, 15) is 15.0 Å². The molecule has 2 aromatic rings. The average molecular weight is 291 g/mol. The van der Waals surface area contributed by atoms with Gasteiger partial charge in [0.1, 0.15) is 24.1 Å². The van der Waals surface area contributed by atoms with E-state index in [1.54, 1.807) is 0 Å². The number of carbonyl (C=O) groups excluding carboxylic acids is 1. The molecule has 1 aliphatic carbocycles. The summed E-state index contributed by atoms with van der Waals surface area (Å²) >= 11 is 0. The first-order chi connectivity index (χ1) is 10.0. The normalized spacial score (nSPS) is 25.1. The molecule has 2 heterocycles. The molecule has 0 spiro atoms. The Balaban J connectivity index is 2.08. The fourth-order valence-electron chi connectivity index (χ4n) is 2.39. The number of aromatic nitrogens is 4. The zero-order valence-electron chi connectivity index (χ0n) is 11.0. The van der Waals surface area contributed by atoms with Crippen molar-refractivity contribution in [3.05, 3.63) is 24.3 Å². The predicted molar refractivity (Wildman–Crippen MR) is 70.9 cm³/mol. The zero-order chi connectivity index (χ0) is 15.1. The summed E-state index contributed by atoms with van der Waals surface area (Å²) in [6, 6.07) is -0.701. The van der Waals surface area contributed by atoms with E-state index in [0.29, 0.717) is 11.2 Å². The maximum atomic E-state index is 11.6. The van der Waals surface area contributed by atoms with Gasteiger partial charge in [0.05, 0.1) is 25.1 Å². The van der Waals surface area contributed by atoms with Crippen molar-refractivity contribution in [3.63, 3.8) is 0 Å². The van der Waals surface area contributed by atoms with E-state index in [0.717, 1.165) is 0 Å². The van der Waals surface area contributed by atoms with Crippen molar-refractivity contribution in [2.24, 2.45) is 0 Å². The molecule has 0 radical (unpaired) electrons. The summed E-state index contributed by atoms with van der Waals surface area (Å²) in [4.78, 5) is 23.6. The summed E-state index contributed by atoms with van der Waals surface area (Å²) in [7, 11) is 1.20. The highest BCUT2D eigenvalue weighted by Gasteiger charge is 2.40. The van der Waals surface area contributed by atoms with Crippen molar-refractivity contribution in [2.75, 3.05) is 12.8 Å². The van der Waals surface area contributed by atoms with Gasteiger partial charge < -0.3 is 25.3 Å². The first-order valence-corrected chi connectivity index (χ1v) is 6.13. The Morgan fingerprint density at radius 3 is 2.86 bits per heavy atom. The molecule has 9 heteroatoms. The molecule has 0 saturated carbocycles. The van der Waals surface area contributed by atoms with Crippen molar-refractivity contribution >= 4 is 23.0 Å². The predicted octanol–water partition coefficient (Wildman–Crippen LogP) is -1.22. The van der Waals surface area contributed by atoms with E-state index in [2.05, 4.69) is 19.7 Å². The van der Waals surface area contributed by atoms with Gasteiger partial charge in [0.15, 0.2) is 11.5 Å². The lowest BCUT2D eigenvalue weighted by molar-refractivity contribution is -0.137. The molecule has 0 fully saturated rings. The molecule has 0 aromatic carbocycles. The molecule has 4 N–H and O–H groups in total. The Kier molecular flexibility index (Phi) is 3.07. The van der Waals surface area contributed by atoms with Crippen LogP contribution < -0.4 is 5.73 Å². The van der Waals surface area contributed by atoms with Crippen LogP contribution in [0, 0.1) is 0 Å². The Bertz CT molecular complexity index is 740. The van der Waals surface area contributed by atoms with E-state index in [-0.39, 0.29) is 11.4 Å². The highest BCUT2D eigenvalue weighted by molar-refractivity contribution is 5.90. The maximum Gasteiger partial charge on any atom is 0.336 e. The minimum Gasteiger partial charge on any atom is -0.466 e. The largest absolute Gasteiger partial charge is 0.466 e. The van der Waals surface area contributed by atoms with Crippen molar-refractivity contribution in [1.82, 2.24) is 19.5 Å². The van der Waals surface area contributed by atoms with Gasteiger partial charge in [-0.1, -0.05) is 0 Å². The topological polar surface area (TPSA) is 136 Å². The standard InChI is InChI=1S/C12H13N5O4/c1-21-12(20)5-2-6(9(19)8(5)18)17-4-16-7-10(13)14-3-15-11(7)17/h2-4,6,8-9,18-19H,1H3,(H2,13,14,15)/t6-,8-,9+/m1/s1. The number of esters is 1. The van der Waals surface area contributed by atoms with Crippen molar-refractivity contribution in [1.29, 1.82) is 0 Å². The molecule has 0 bridgehead atoms. The summed E-state index contributed by atoms with van der Waals surface area (Å²) in [5.41, 5.74) is 6.49. The summed E-state index contributed by atoms with van der Waals surface area (Å²) in [6.45, 7) is 0. The van der Waals surface area contributed by atoms with Crippen LogP contribution in [-0.2, 0) is 9.53 Å². The lowest BCUT2D eigenvalue weighted by Crippen LogP contribution is -2.31. The highest BCUT2D eigenvalue weighted by atomic mass is 16.5. The summed E-state index contributed by atoms with van der Waals surface area (Å²) in [6.07, 6.45) is 1.58. The molecule has 110 valence electrons. The minimum atomic E-state index is -1.33. The number of hydrogen-bond donors (Lipinski definition) is 3. The van der Waals surface area contributed by atoms with Gasteiger partial charge in [-0.15, -0.1) is 0 Å². The molecule has 3 rings (SSSR count). The Morgan fingerprint density at radius 2 is 2.14 bits per heavy atom. The average Bonchev–Trinajstić information content (AvgIpc) is 3.02. The summed E-state index contributed by atoms with van der Waals surface area (Å²) in [5, 5.41) is 20.1. The SMILES string of the molecule is COC(=O)C1=C[C@@H](n2cnc3c(N)ncnc32)[C@H](O)[C@@H]1O. The molecular formula is C12H13N5O4. The van der Waals surface area contributed by atoms with Crippen LogP contribution in [0.4, 0.5) is 5.82 Å². The van der Waals surface area contributed by atoms with Crippen LogP contribution in [0.1, 0.15) is 6.04 Å². The van der Waals surface area contributed by atoms with Crippen molar-refractivity contribution in [3.8, 4) is 0 Å². The molecule has 0 aliphatic heterocycles. The van der Waals surface area contributed by atoms with Crippen molar-refractivity contribution in [2.45, 2.75) is 18.2 Å². The number of nitrogen functional groups attached to an aromatic ring is 1. The molecule has 21 heavy (non-hydrogen) atoms. The number of aliphatic hydroxyl groups is 2. The third-order valence-corrected chi connectivity index (χ3v) is 3.47. The van der Waals surface area contributed by atoms with Gasteiger partial charge in [-0.05, 0) is 6.08 Å². The van der Waals surface area contributed by atoms with Crippen LogP contribution in [0.5, 0.6) is 0 Å². The fourth-order valence-corrected chi connectivity index (χ4v) is 2.39. The van der Waals surface area contributed by atoms with Crippen LogP contribution in [0.25, 0.3) is 11.2 Å². The zero-order valence-corrected chi connectivity index (χ0v) is 11.0. The van der Waals surface area contributed by atoms with Crippen LogP contribution in [0.2, 0.25) is 0 Å². The number of imidazole rings is 1. The Hall–Kier alpha value is -2.52. The molecule has 9 nitrogen and oxygen atoms in total. The number of nitrogens with two attached hydrogens (primary N) is 1. The monoisotopic (exact) mass is 291 g/mol. The molecule has 0 saturated heterocycles. The second kappa shape index (κ2) is 4.79. The number of anilines is 1. The lowest BCUT2D eigenvalue weighted by Gasteiger charge is -2.18. The summed E-state index contributed by atoms with van der Waals surface area (Å²) < 4.78 is 6.10. The molecule has 3 atom stereocenters. The molecule has 2 aromatic heterocycles. The van der Waals surface area contributed by atoms with Gasteiger partial charge in [-0.2, -0.15) is 0 Å². The van der Waals surface area contributed by atoms with Crippen LogP contribution in [0.3, 0.4) is 0 Å². The van der Waals surface area contributed by atoms with Gasteiger partial charge in [0.2, 0.25) is 0 Å². The first-order valence-electron chi connectivity index (χ1n) is 6.13. The first kappa shape index (κ1) is 13.5. The number of aliphatic hydroxyl groups excluding tert-OH is 2.